The molecule has 0 spiro atoms. The van der Waals surface area contributed by atoms with Gasteiger partial charge in [-0.15, -0.1) is 0 Å². The van der Waals surface area contributed by atoms with Crippen molar-refractivity contribution in [3.63, 3.8) is 0 Å². The third kappa shape index (κ3) is 3.04. The second-order valence-corrected chi connectivity index (χ2v) is 4.90. The first-order valence-electron chi connectivity index (χ1n) is 6.43. The van der Waals surface area contributed by atoms with E-state index in [0.29, 0.717) is 17.1 Å². The third-order valence-corrected chi connectivity index (χ3v) is 3.55. The van der Waals surface area contributed by atoms with Crippen molar-refractivity contribution in [1.29, 1.82) is 5.26 Å². The second kappa shape index (κ2) is 6.31. The topological polar surface area (TPSA) is 53.0 Å². The van der Waals surface area contributed by atoms with Crippen LogP contribution in [-0.2, 0) is 6.54 Å². The summed E-state index contributed by atoms with van der Waals surface area (Å²) >= 11 is 6.09. The molecule has 2 aromatic rings. The molecule has 3 nitrogen and oxygen atoms in total. The Morgan fingerprint density at radius 3 is 2.60 bits per heavy atom. The van der Waals surface area contributed by atoms with Crippen molar-refractivity contribution < 1.29 is 0 Å². The molecule has 102 valence electrons. The molecule has 0 aliphatic heterocycles. The summed E-state index contributed by atoms with van der Waals surface area (Å²) in [5.74, 6) is 0. The maximum Gasteiger partial charge on any atom is 0.101 e. The zero-order valence-electron chi connectivity index (χ0n) is 11.3. The molecule has 2 aromatic carbocycles. The smallest absolute Gasteiger partial charge is 0.101 e. The Morgan fingerprint density at radius 1 is 1.25 bits per heavy atom. The maximum atomic E-state index is 8.91. The molecule has 20 heavy (non-hydrogen) atoms. The summed E-state index contributed by atoms with van der Waals surface area (Å²) in [6.45, 7) is 3.62. The Bertz CT molecular complexity index is 646. The summed E-state index contributed by atoms with van der Waals surface area (Å²) in [6.07, 6.45) is 0. The predicted molar refractivity (Wildman–Crippen MR) is 83.7 cm³/mol. The van der Waals surface area contributed by atoms with Gasteiger partial charge < -0.3 is 10.6 Å². The summed E-state index contributed by atoms with van der Waals surface area (Å²) < 4.78 is 0. The van der Waals surface area contributed by atoms with Gasteiger partial charge in [-0.3, -0.25) is 0 Å². The Morgan fingerprint density at radius 2 is 2.00 bits per heavy atom. The number of benzene rings is 2. The number of hydrogen-bond acceptors (Lipinski definition) is 3. The Balaban J connectivity index is 2.27. The van der Waals surface area contributed by atoms with Crippen molar-refractivity contribution in [3.8, 4) is 6.07 Å². The average molecular weight is 286 g/mol. The standard InChI is InChI=1S/C16H16ClN3/c1-2-20(11-13-5-3-4-6-16(13)19)14-8-7-12(10-18)15(17)9-14/h3-9H,2,11,19H2,1H3. The Hall–Kier alpha value is -2.18. The summed E-state index contributed by atoms with van der Waals surface area (Å²) in [6, 6.07) is 15.4. The zero-order valence-corrected chi connectivity index (χ0v) is 12.1. The molecule has 4 heteroatoms. The van der Waals surface area contributed by atoms with Gasteiger partial charge in [0.05, 0.1) is 10.6 Å². The summed E-state index contributed by atoms with van der Waals surface area (Å²) in [5, 5.41) is 9.39. The predicted octanol–water partition coefficient (Wildman–Crippen LogP) is 3.82. The van der Waals surface area contributed by atoms with Gasteiger partial charge in [-0.1, -0.05) is 29.8 Å². The lowest BCUT2D eigenvalue weighted by Crippen LogP contribution is -2.22. The van der Waals surface area contributed by atoms with E-state index in [1.165, 1.54) is 0 Å². The molecule has 0 aliphatic carbocycles. The van der Waals surface area contributed by atoms with Gasteiger partial charge in [0, 0.05) is 24.5 Å². The number of hydrogen-bond donors (Lipinski definition) is 1. The average Bonchev–Trinajstić information content (AvgIpc) is 2.46. The van der Waals surface area contributed by atoms with Crippen molar-refractivity contribution in [2.45, 2.75) is 13.5 Å². The molecule has 0 bridgehead atoms. The summed E-state index contributed by atoms with van der Waals surface area (Å²) in [5.41, 5.74) is 9.32. The molecule has 0 unspecified atom stereocenters. The number of nitriles is 1. The fraction of sp³-hybridized carbons (Fsp3) is 0.188. The van der Waals surface area contributed by atoms with E-state index in [4.69, 9.17) is 22.6 Å². The van der Waals surface area contributed by atoms with Crippen LogP contribution in [0.1, 0.15) is 18.1 Å². The highest BCUT2D eigenvalue weighted by atomic mass is 35.5. The van der Waals surface area contributed by atoms with Crippen LogP contribution in [-0.4, -0.2) is 6.54 Å². The van der Waals surface area contributed by atoms with Crippen LogP contribution in [0, 0.1) is 11.3 Å². The third-order valence-electron chi connectivity index (χ3n) is 3.24. The van der Waals surface area contributed by atoms with E-state index in [9.17, 15) is 0 Å². The lowest BCUT2D eigenvalue weighted by Gasteiger charge is -2.24. The number of nitrogens with two attached hydrogens (primary N) is 1. The van der Waals surface area contributed by atoms with Crippen LogP contribution < -0.4 is 10.6 Å². The molecule has 0 saturated heterocycles. The highest BCUT2D eigenvalue weighted by Crippen LogP contribution is 2.25. The van der Waals surface area contributed by atoms with Gasteiger partial charge in [0.2, 0.25) is 0 Å². The minimum atomic E-state index is 0.476. The molecule has 0 fully saturated rings. The quantitative estimate of drug-likeness (QED) is 0.869. The van der Waals surface area contributed by atoms with E-state index in [-0.39, 0.29) is 0 Å². The van der Waals surface area contributed by atoms with Gasteiger partial charge in [-0.05, 0) is 36.8 Å². The highest BCUT2D eigenvalue weighted by molar-refractivity contribution is 6.32. The number of rotatable bonds is 4. The van der Waals surface area contributed by atoms with Crippen LogP contribution in [0.3, 0.4) is 0 Å². The van der Waals surface area contributed by atoms with Gasteiger partial charge in [-0.25, -0.2) is 0 Å². The Labute approximate surface area is 124 Å². The molecule has 0 heterocycles. The number of halogens is 1. The number of anilines is 2. The van der Waals surface area contributed by atoms with E-state index in [0.717, 1.165) is 23.5 Å². The first kappa shape index (κ1) is 14.2. The lowest BCUT2D eigenvalue weighted by atomic mass is 10.1. The van der Waals surface area contributed by atoms with Crippen molar-refractivity contribution in [2.24, 2.45) is 0 Å². The largest absolute Gasteiger partial charge is 0.398 e. The molecular formula is C16H16ClN3. The monoisotopic (exact) mass is 285 g/mol. The second-order valence-electron chi connectivity index (χ2n) is 4.49. The van der Waals surface area contributed by atoms with Crippen LogP contribution in [0.2, 0.25) is 5.02 Å². The van der Waals surface area contributed by atoms with E-state index in [2.05, 4.69) is 17.9 Å². The van der Waals surface area contributed by atoms with Gasteiger partial charge in [-0.2, -0.15) is 5.26 Å². The highest BCUT2D eigenvalue weighted by Gasteiger charge is 2.09. The fourth-order valence-electron chi connectivity index (χ4n) is 2.06. The molecule has 0 amide bonds. The Kier molecular flexibility index (Phi) is 4.49. The van der Waals surface area contributed by atoms with Crippen molar-refractivity contribution in [1.82, 2.24) is 0 Å². The van der Waals surface area contributed by atoms with Crippen LogP contribution in [0.25, 0.3) is 0 Å². The minimum Gasteiger partial charge on any atom is -0.398 e. The van der Waals surface area contributed by atoms with Gasteiger partial charge in [0.1, 0.15) is 6.07 Å². The van der Waals surface area contributed by atoms with Gasteiger partial charge in [0.25, 0.3) is 0 Å². The van der Waals surface area contributed by atoms with E-state index >= 15 is 0 Å². The summed E-state index contributed by atoms with van der Waals surface area (Å²) in [4.78, 5) is 2.17. The molecule has 0 radical (unpaired) electrons. The fourth-order valence-corrected chi connectivity index (χ4v) is 2.28. The number of para-hydroxylation sites is 1. The zero-order chi connectivity index (χ0) is 14.5. The molecule has 2 rings (SSSR count). The summed E-state index contributed by atoms with van der Waals surface area (Å²) in [7, 11) is 0. The van der Waals surface area contributed by atoms with Crippen molar-refractivity contribution in [2.75, 3.05) is 17.2 Å². The van der Waals surface area contributed by atoms with Gasteiger partial charge >= 0.3 is 0 Å². The molecule has 2 N–H and O–H groups in total. The van der Waals surface area contributed by atoms with Crippen molar-refractivity contribution >= 4 is 23.0 Å². The maximum absolute atomic E-state index is 8.91. The first-order valence-corrected chi connectivity index (χ1v) is 6.81. The molecule has 0 atom stereocenters. The minimum absolute atomic E-state index is 0.476. The first-order chi connectivity index (χ1) is 9.65. The van der Waals surface area contributed by atoms with Crippen LogP contribution in [0.15, 0.2) is 42.5 Å². The number of nitrogens with zero attached hydrogens (tertiary/aromatic N) is 2. The van der Waals surface area contributed by atoms with E-state index in [1.54, 1.807) is 6.07 Å². The van der Waals surface area contributed by atoms with E-state index in [1.807, 2.05) is 36.4 Å². The normalized spacial score (nSPS) is 10.1. The lowest BCUT2D eigenvalue weighted by molar-refractivity contribution is 0.833. The van der Waals surface area contributed by atoms with Crippen LogP contribution in [0.4, 0.5) is 11.4 Å². The van der Waals surface area contributed by atoms with Crippen LogP contribution in [0.5, 0.6) is 0 Å². The molecule has 0 saturated carbocycles. The number of nitrogen functional groups attached to an aromatic ring is 1. The van der Waals surface area contributed by atoms with Crippen molar-refractivity contribution in [3.05, 3.63) is 58.6 Å². The van der Waals surface area contributed by atoms with Gasteiger partial charge in [0.15, 0.2) is 0 Å². The SMILES string of the molecule is CCN(Cc1ccccc1N)c1ccc(C#N)c(Cl)c1. The molecule has 0 aliphatic rings. The molecule has 0 aromatic heterocycles. The van der Waals surface area contributed by atoms with E-state index < -0.39 is 0 Å². The van der Waals surface area contributed by atoms with Crippen LogP contribution >= 0.6 is 11.6 Å². The molecular weight excluding hydrogens is 270 g/mol.